The van der Waals surface area contributed by atoms with Gasteiger partial charge in [0.1, 0.15) is 17.8 Å². The summed E-state index contributed by atoms with van der Waals surface area (Å²) in [4.78, 5) is 53.0. The van der Waals surface area contributed by atoms with Crippen molar-refractivity contribution in [3.63, 3.8) is 0 Å². The fourth-order valence-electron chi connectivity index (χ4n) is 6.55. The van der Waals surface area contributed by atoms with Crippen molar-refractivity contribution in [1.82, 2.24) is 25.3 Å². The number of carbonyl (C=O) groups excluding carboxylic acids is 4. The van der Waals surface area contributed by atoms with Crippen LogP contribution in [0.4, 0.5) is 18.9 Å². The SMILES string of the molecule is CC(O)C(=O)NC(C(=O)N(C)[C@@H]1CCc2cc(NC(=O)[C@@H](NC(=O)c3ccnn3C(C)C)C(C3CC3)C3CC3)ccc21)C(F)(F)F. The molecule has 4 N–H and O–H groups in total. The molecule has 3 aliphatic carbocycles. The van der Waals surface area contributed by atoms with Gasteiger partial charge in [-0.1, -0.05) is 6.07 Å². The van der Waals surface area contributed by atoms with E-state index in [0.717, 1.165) is 43.1 Å². The van der Waals surface area contributed by atoms with Gasteiger partial charge in [0.05, 0.1) is 6.04 Å². The Morgan fingerprint density at radius 1 is 0.978 bits per heavy atom. The van der Waals surface area contributed by atoms with E-state index in [0.29, 0.717) is 41.6 Å². The molecule has 250 valence electrons. The standard InChI is InChI=1S/C32H41F3N6O5/c1-16(2)41-24(13-14-36-41)29(44)38-26(25(18-5-6-18)19-7-8-19)30(45)37-21-10-11-22-20(15-21)9-12-23(22)40(4)31(46)27(32(33,34)35)39-28(43)17(3)42/h10-11,13-19,23,25-27,42H,5-9,12H2,1-4H3,(H,37,45)(H,38,44)(H,39,43)/t17?,23-,26+,27?/m1/s1. The summed E-state index contributed by atoms with van der Waals surface area (Å²) in [7, 11) is 1.25. The molecule has 3 aliphatic rings. The van der Waals surface area contributed by atoms with Crippen LogP contribution in [0.3, 0.4) is 0 Å². The maximum atomic E-state index is 13.8. The second-order valence-electron chi connectivity index (χ2n) is 13.0. The lowest BCUT2D eigenvalue weighted by molar-refractivity contribution is -0.179. The van der Waals surface area contributed by atoms with Gasteiger partial charge in [-0.05, 0) is 106 Å². The molecule has 2 aromatic rings. The van der Waals surface area contributed by atoms with Crippen molar-refractivity contribution in [2.24, 2.45) is 17.8 Å². The van der Waals surface area contributed by atoms with Gasteiger partial charge in [0.2, 0.25) is 17.9 Å². The van der Waals surface area contributed by atoms with E-state index in [4.69, 9.17) is 0 Å². The first-order valence-electron chi connectivity index (χ1n) is 15.8. The van der Waals surface area contributed by atoms with Gasteiger partial charge >= 0.3 is 6.18 Å². The summed E-state index contributed by atoms with van der Waals surface area (Å²) in [6.45, 7) is 4.85. The highest BCUT2D eigenvalue weighted by Crippen LogP contribution is 2.51. The molecule has 1 heterocycles. The number of nitrogens with zero attached hydrogens (tertiary/aromatic N) is 3. The number of anilines is 1. The van der Waals surface area contributed by atoms with Crippen molar-refractivity contribution >= 4 is 29.3 Å². The van der Waals surface area contributed by atoms with Gasteiger partial charge in [-0.3, -0.25) is 23.9 Å². The summed E-state index contributed by atoms with van der Waals surface area (Å²) >= 11 is 0. The molecule has 0 radical (unpaired) electrons. The van der Waals surface area contributed by atoms with Gasteiger partial charge < -0.3 is 26.0 Å². The number of benzene rings is 1. The number of alkyl halides is 3. The largest absolute Gasteiger partial charge is 0.417 e. The molecule has 11 nitrogen and oxygen atoms in total. The molecule has 5 rings (SSSR count). The number of nitrogens with one attached hydrogen (secondary N) is 3. The molecule has 2 fully saturated rings. The fraction of sp³-hybridized carbons (Fsp3) is 0.594. The Morgan fingerprint density at radius 2 is 1.63 bits per heavy atom. The molecule has 4 amide bonds. The van der Waals surface area contributed by atoms with Crippen LogP contribution in [0.2, 0.25) is 0 Å². The average molecular weight is 647 g/mol. The van der Waals surface area contributed by atoms with E-state index in [9.17, 15) is 37.5 Å². The summed E-state index contributed by atoms with van der Waals surface area (Å²) in [6, 6.07) is 2.40. The smallest absolute Gasteiger partial charge is 0.384 e. The van der Waals surface area contributed by atoms with Gasteiger partial charge in [0.15, 0.2) is 0 Å². The molecule has 2 unspecified atom stereocenters. The number of hydrogen-bond acceptors (Lipinski definition) is 6. The number of aryl methyl sites for hydroxylation is 1. The van der Waals surface area contributed by atoms with Gasteiger partial charge in [0, 0.05) is 25.0 Å². The topological polar surface area (TPSA) is 146 Å². The Kier molecular flexibility index (Phi) is 9.48. The van der Waals surface area contributed by atoms with Crippen LogP contribution in [-0.4, -0.2) is 74.8 Å². The van der Waals surface area contributed by atoms with Crippen LogP contribution in [0, 0.1) is 17.8 Å². The molecule has 0 aliphatic heterocycles. The van der Waals surface area contributed by atoms with Crippen LogP contribution in [0.1, 0.15) is 86.6 Å². The van der Waals surface area contributed by atoms with E-state index >= 15 is 0 Å². The zero-order valence-electron chi connectivity index (χ0n) is 26.3. The number of halogens is 3. The predicted octanol–water partition coefficient (Wildman–Crippen LogP) is 3.51. The second kappa shape index (κ2) is 13.0. The zero-order valence-corrected chi connectivity index (χ0v) is 26.3. The lowest BCUT2D eigenvalue weighted by Gasteiger charge is -2.31. The molecule has 0 saturated heterocycles. The number of amides is 4. The molecule has 1 aromatic heterocycles. The van der Waals surface area contributed by atoms with E-state index in [1.54, 1.807) is 40.5 Å². The molecule has 46 heavy (non-hydrogen) atoms. The molecule has 2 saturated carbocycles. The number of hydrogen-bond donors (Lipinski definition) is 4. The third-order valence-electron chi connectivity index (χ3n) is 9.19. The first kappa shape index (κ1) is 33.4. The zero-order chi connectivity index (χ0) is 33.5. The van der Waals surface area contributed by atoms with Gasteiger partial charge in [0.25, 0.3) is 11.8 Å². The normalized spacial score (nSPS) is 19.7. The third kappa shape index (κ3) is 7.21. The summed E-state index contributed by atoms with van der Waals surface area (Å²) in [5.74, 6) is -2.63. The fourth-order valence-corrected chi connectivity index (χ4v) is 6.55. The molecule has 1 aromatic carbocycles. The molecular formula is C32H41F3N6O5. The number of carbonyl (C=O) groups is 4. The second-order valence-corrected chi connectivity index (χ2v) is 13.0. The predicted molar refractivity (Wildman–Crippen MR) is 161 cm³/mol. The van der Waals surface area contributed by atoms with Crippen molar-refractivity contribution in [2.75, 3.05) is 12.4 Å². The van der Waals surface area contributed by atoms with Crippen LogP contribution in [0.5, 0.6) is 0 Å². The maximum Gasteiger partial charge on any atom is 0.417 e. The van der Waals surface area contributed by atoms with Crippen LogP contribution >= 0.6 is 0 Å². The molecule has 0 spiro atoms. The Hall–Kier alpha value is -3.94. The van der Waals surface area contributed by atoms with Crippen molar-refractivity contribution in [3.05, 3.63) is 47.3 Å². The number of fused-ring (bicyclic) bond motifs is 1. The third-order valence-corrected chi connectivity index (χ3v) is 9.19. The minimum Gasteiger partial charge on any atom is -0.384 e. The van der Waals surface area contributed by atoms with Gasteiger partial charge in [-0.2, -0.15) is 18.3 Å². The van der Waals surface area contributed by atoms with Crippen LogP contribution in [0.25, 0.3) is 0 Å². The minimum atomic E-state index is -5.06. The van der Waals surface area contributed by atoms with Crippen LogP contribution < -0.4 is 16.0 Å². The maximum absolute atomic E-state index is 13.8. The summed E-state index contributed by atoms with van der Waals surface area (Å²) < 4.78 is 42.8. The first-order valence-corrected chi connectivity index (χ1v) is 15.8. The van der Waals surface area contributed by atoms with Crippen LogP contribution in [0.15, 0.2) is 30.5 Å². The molecule has 14 heteroatoms. The monoisotopic (exact) mass is 646 g/mol. The van der Waals surface area contributed by atoms with Crippen molar-refractivity contribution in [2.45, 2.75) is 95.7 Å². The first-order chi connectivity index (χ1) is 21.7. The number of aromatic nitrogens is 2. The summed E-state index contributed by atoms with van der Waals surface area (Å²) in [5, 5.41) is 21.2. The number of likely N-dealkylation sites (N-methyl/N-ethyl adjacent to an activating group) is 1. The van der Waals surface area contributed by atoms with Crippen molar-refractivity contribution < 1.29 is 37.5 Å². The molecule has 0 bridgehead atoms. The number of rotatable bonds is 12. The van der Waals surface area contributed by atoms with E-state index in [1.165, 1.54) is 7.05 Å². The lowest BCUT2D eigenvalue weighted by Crippen LogP contribution is -2.57. The van der Waals surface area contributed by atoms with E-state index in [2.05, 4.69) is 15.7 Å². The van der Waals surface area contributed by atoms with Crippen LogP contribution in [-0.2, 0) is 20.8 Å². The van der Waals surface area contributed by atoms with Crippen molar-refractivity contribution in [1.29, 1.82) is 0 Å². The van der Waals surface area contributed by atoms with E-state index in [-0.39, 0.29) is 23.8 Å². The van der Waals surface area contributed by atoms with E-state index < -0.39 is 42.2 Å². The summed E-state index contributed by atoms with van der Waals surface area (Å²) in [5.41, 5.74) is 2.25. The Labute approximate surface area is 265 Å². The van der Waals surface area contributed by atoms with Crippen molar-refractivity contribution in [3.8, 4) is 0 Å². The Bertz CT molecular complexity index is 1470. The highest BCUT2D eigenvalue weighted by Gasteiger charge is 2.50. The molecule has 4 atom stereocenters. The number of aliphatic hydroxyl groups is 1. The Morgan fingerprint density at radius 3 is 2.20 bits per heavy atom. The van der Waals surface area contributed by atoms with Gasteiger partial charge in [-0.15, -0.1) is 0 Å². The Balaban J connectivity index is 1.32. The average Bonchev–Trinajstić information content (AvgIpc) is 3.91. The quantitative estimate of drug-likeness (QED) is 0.278. The lowest BCUT2D eigenvalue weighted by atomic mass is 9.88. The number of aliphatic hydroxyl groups excluding tert-OH is 1. The minimum absolute atomic E-state index is 0.00808. The highest BCUT2D eigenvalue weighted by atomic mass is 19.4. The van der Waals surface area contributed by atoms with Gasteiger partial charge in [-0.25, -0.2) is 0 Å². The molecular weight excluding hydrogens is 605 g/mol. The highest BCUT2D eigenvalue weighted by molar-refractivity contribution is 6.01. The van der Waals surface area contributed by atoms with E-state index in [1.807, 2.05) is 13.8 Å². The summed E-state index contributed by atoms with van der Waals surface area (Å²) in [6.07, 6.45) is -0.397.